The van der Waals surface area contributed by atoms with Crippen LogP contribution in [-0.2, 0) is 13.1 Å². The van der Waals surface area contributed by atoms with Gasteiger partial charge in [-0.2, -0.15) is 5.10 Å². The van der Waals surface area contributed by atoms with Crippen LogP contribution in [0.3, 0.4) is 0 Å². The van der Waals surface area contributed by atoms with E-state index in [4.69, 9.17) is 23.2 Å². The highest BCUT2D eigenvalue weighted by atomic mass is 35.5. The summed E-state index contributed by atoms with van der Waals surface area (Å²) in [5.74, 6) is 0. The number of nitrogens with one attached hydrogen (secondary N) is 1. The molecule has 0 fully saturated rings. The predicted molar refractivity (Wildman–Crippen MR) is 79.9 cm³/mol. The van der Waals surface area contributed by atoms with E-state index < -0.39 is 0 Å². The molecule has 19 heavy (non-hydrogen) atoms. The van der Waals surface area contributed by atoms with Crippen molar-refractivity contribution in [1.29, 1.82) is 0 Å². The summed E-state index contributed by atoms with van der Waals surface area (Å²) in [6.07, 6.45) is 2.07. The summed E-state index contributed by atoms with van der Waals surface area (Å²) in [6.45, 7) is 6.62. The third kappa shape index (κ3) is 3.72. The fraction of sp³-hybridized carbons (Fsp3) is 0.357. The summed E-state index contributed by atoms with van der Waals surface area (Å²) >= 11 is 11.9. The summed E-state index contributed by atoms with van der Waals surface area (Å²) in [6, 6.07) is 5.66. The summed E-state index contributed by atoms with van der Waals surface area (Å²) < 4.78 is 1.93. The van der Waals surface area contributed by atoms with Crippen LogP contribution in [0.2, 0.25) is 10.0 Å². The van der Waals surface area contributed by atoms with E-state index >= 15 is 0 Å². The standard InChI is InChI=1S/C14H17Cl2N3/c1-3-17-7-12-9-19(18-10(12)2)8-11-4-5-13(15)14(16)6-11/h4-6,9,17H,3,7-8H2,1-2H3. The second kappa shape index (κ2) is 6.42. The van der Waals surface area contributed by atoms with Crippen LogP contribution in [0.5, 0.6) is 0 Å². The number of rotatable bonds is 5. The molecule has 3 nitrogen and oxygen atoms in total. The van der Waals surface area contributed by atoms with Crippen LogP contribution in [-0.4, -0.2) is 16.3 Å². The Labute approximate surface area is 123 Å². The first-order chi connectivity index (χ1) is 9.10. The number of benzene rings is 1. The number of hydrogen-bond acceptors (Lipinski definition) is 2. The number of aromatic nitrogens is 2. The second-order valence-corrected chi connectivity index (χ2v) is 5.28. The topological polar surface area (TPSA) is 29.9 Å². The molecule has 0 aliphatic rings. The van der Waals surface area contributed by atoms with E-state index in [0.717, 1.165) is 24.3 Å². The fourth-order valence-corrected chi connectivity index (χ4v) is 2.22. The molecule has 0 bridgehead atoms. The Morgan fingerprint density at radius 2 is 2.05 bits per heavy atom. The molecule has 0 amide bonds. The Kier molecular flexibility index (Phi) is 4.86. The molecule has 0 saturated heterocycles. The Bertz CT molecular complexity index is 564. The lowest BCUT2D eigenvalue weighted by molar-refractivity contribution is 0.678. The molecule has 1 aromatic carbocycles. The monoisotopic (exact) mass is 297 g/mol. The van der Waals surface area contributed by atoms with Crippen LogP contribution < -0.4 is 5.32 Å². The van der Waals surface area contributed by atoms with Gasteiger partial charge in [-0.3, -0.25) is 4.68 Å². The van der Waals surface area contributed by atoms with Gasteiger partial charge in [0.1, 0.15) is 0 Å². The minimum atomic E-state index is 0.579. The molecule has 0 spiro atoms. The SMILES string of the molecule is CCNCc1cn(Cc2ccc(Cl)c(Cl)c2)nc1C. The molecule has 1 N–H and O–H groups in total. The van der Waals surface area contributed by atoms with Crippen LogP contribution in [0, 0.1) is 6.92 Å². The third-order valence-corrected chi connectivity index (χ3v) is 3.68. The second-order valence-electron chi connectivity index (χ2n) is 4.47. The fourth-order valence-electron chi connectivity index (χ4n) is 1.90. The van der Waals surface area contributed by atoms with Crippen molar-refractivity contribution in [1.82, 2.24) is 15.1 Å². The highest BCUT2D eigenvalue weighted by Gasteiger charge is 2.06. The molecule has 0 atom stereocenters. The van der Waals surface area contributed by atoms with Gasteiger partial charge in [-0.05, 0) is 31.2 Å². The summed E-state index contributed by atoms with van der Waals surface area (Å²) in [5, 5.41) is 8.98. The molecule has 102 valence electrons. The number of halogens is 2. The highest BCUT2D eigenvalue weighted by Crippen LogP contribution is 2.23. The van der Waals surface area contributed by atoms with Crippen molar-refractivity contribution in [3.8, 4) is 0 Å². The average Bonchev–Trinajstić information content (AvgIpc) is 2.72. The van der Waals surface area contributed by atoms with E-state index in [2.05, 4.69) is 23.5 Å². The van der Waals surface area contributed by atoms with Gasteiger partial charge >= 0.3 is 0 Å². The normalized spacial score (nSPS) is 10.9. The van der Waals surface area contributed by atoms with Crippen molar-refractivity contribution >= 4 is 23.2 Å². The maximum Gasteiger partial charge on any atom is 0.0660 e. The zero-order chi connectivity index (χ0) is 13.8. The first kappa shape index (κ1) is 14.4. The van der Waals surface area contributed by atoms with Crippen molar-refractivity contribution in [3.63, 3.8) is 0 Å². The predicted octanol–water partition coefficient (Wildman–Crippen LogP) is 3.66. The van der Waals surface area contributed by atoms with Gasteiger partial charge in [0.15, 0.2) is 0 Å². The first-order valence-corrected chi connectivity index (χ1v) is 7.03. The van der Waals surface area contributed by atoms with Crippen molar-refractivity contribution in [2.75, 3.05) is 6.54 Å². The highest BCUT2D eigenvalue weighted by molar-refractivity contribution is 6.42. The molecule has 0 aliphatic carbocycles. The lowest BCUT2D eigenvalue weighted by atomic mass is 10.2. The van der Waals surface area contributed by atoms with Gasteiger partial charge in [-0.1, -0.05) is 36.2 Å². The van der Waals surface area contributed by atoms with Gasteiger partial charge < -0.3 is 5.32 Å². The first-order valence-electron chi connectivity index (χ1n) is 6.27. The van der Waals surface area contributed by atoms with E-state index in [-0.39, 0.29) is 0 Å². The molecule has 5 heteroatoms. The maximum absolute atomic E-state index is 6.01. The molecule has 2 aromatic rings. The van der Waals surface area contributed by atoms with Crippen LogP contribution in [0.15, 0.2) is 24.4 Å². The smallest absolute Gasteiger partial charge is 0.0660 e. The summed E-state index contributed by atoms with van der Waals surface area (Å²) in [7, 11) is 0. The molecule has 0 radical (unpaired) electrons. The molecular weight excluding hydrogens is 281 g/mol. The Morgan fingerprint density at radius 1 is 1.26 bits per heavy atom. The van der Waals surface area contributed by atoms with Gasteiger partial charge in [0.05, 0.1) is 22.3 Å². The Morgan fingerprint density at radius 3 is 2.74 bits per heavy atom. The lowest BCUT2D eigenvalue weighted by Gasteiger charge is -2.03. The lowest BCUT2D eigenvalue weighted by Crippen LogP contribution is -2.11. The maximum atomic E-state index is 6.01. The van der Waals surface area contributed by atoms with E-state index in [1.165, 1.54) is 5.56 Å². The average molecular weight is 298 g/mol. The molecule has 1 heterocycles. The number of hydrogen-bond donors (Lipinski definition) is 1. The van der Waals surface area contributed by atoms with Crippen molar-refractivity contribution in [2.24, 2.45) is 0 Å². The third-order valence-electron chi connectivity index (χ3n) is 2.94. The zero-order valence-electron chi connectivity index (χ0n) is 11.1. The van der Waals surface area contributed by atoms with Crippen molar-refractivity contribution in [2.45, 2.75) is 26.9 Å². The van der Waals surface area contributed by atoms with Gasteiger partial charge in [0.2, 0.25) is 0 Å². The Hall–Kier alpha value is -1.03. The van der Waals surface area contributed by atoms with Crippen LogP contribution in [0.4, 0.5) is 0 Å². The molecular formula is C14H17Cl2N3. The van der Waals surface area contributed by atoms with Gasteiger partial charge in [-0.25, -0.2) is 0 Å². The molecule has 0 aliphatic heterocycles. The zero-order valence-corrected chi connectivity index (χ0v) is 12.6. The van der Waals surface area contributed by atoms with Crippen LogP contribution in [0.1, 0.15) is 23.7 Å². The molecule has 1 aromatic heterocycles. The van der Waals surface area contributed by atoms with Gasteiger partial charge in [0, 0.05) is 18.3 Å². The molecule has 2 rings (SSSR count). The summed E-state index contributed by atoms with van der Waals surface area (Å²) in [4.78, 5) is 0. The number of nitrogens with zero attached hydrogens (tertiary/aromatic N) is 2. The minimum absolute atomic E-state index is 0.579. The van der Waals surface area contributed by atoms with Gasteiger partial charge in [-0.15, -0.1) is 0 Å². The van der Waals surface area contributed by atoms with Crippen molar-refractivity contribution in [3.05, 3.63) is 51.3 Å². The number of aryl methyl sites for hydroxylation is 1. The Balaban J connectivity index is 2.12. The van der Waals surface area contributed by atoms with E-state index in [1.54, 1.807) is 0 Å². The largest absolute Gasteiger partial charge is 0.313 e. The van der Waals surface area contributed by atoms with Crippen molar-refractivity contribution < 1.29 is 0 Å². The molecule has 0 unspecified atom stereocenters. The van der Waals surface area contributed by atoms with Crippen LogP contribution in [0.25, 0.3) is 0 Å². The van der Waals surface area contributed by atoms with Gasteiger partial charge in [0.25, 0.3) is 0 Å². The molecule has 0 saturated carbocycles. The van der Waals surface area contributed by atoms with E-state index in [9.17, 15) is 0 Å². The van der Waals surface area contributed by atoms with E-state index in [1.807, 2.05) is 29.8 Å². The summed E-state index contributed by atoms with van der Waals surface area (Å²) in [5.41, 5.74) is 3.37. The minimum Gasteiger partial charge on any atom is -0.313 e. The van der Waals surface area contributed by atoms with E-state index in [0.29, 0.717) is 16.6 Å². The quantitative estimate of drug-likeness (QED) is 0.913. The van der Waals surface area contributed by atoms with Crippen LogP contribution >= 0.6 is 23.2 Å².